The molecule has 1 atom stereocenters. The highest BCUT2D eigenvalue weighted by Gasteiger charge is 2.34. The molecule has 3 amide bonds. The number of furan rings is 1. The van der Waals surface area contributed by atoms with Crippen molar-refractivity contribution in [3.8, 4) is 0 Å². The first-order valence-electron chi connectivity index (χ1n) is 8.82. The van der Waals surface area contributed by atoms with E-state index in [1.54, 1.807) is 18.2 Å². The zero-order chi connectivity index (χ0) is 20.1. The zero-order valence-corrected chi connectivity index (χ0v) is 16.4. The van der Waals surface area contributed by atoms with Gasteiger partial charge in [0.1, 0.15) is 6.04 Å². The van der Waals surface area contributed by atoms with Gasteiger partial charge in [0.15, 0.2) is 5.76 Å². The van der Waals surface area contributed by atoms with Crippen LogP contribution in [0, 0.1) is 0 Å². The van der Waals surface area contributed by atoms with E-state index in [9.17, 15) is 14.4 Å². The molecule has 0 bridgehead atoms. The van der Waals surface area contributed by atoms with Gasteiger partial charge in [-0.15, -0.1) is 0 Å². The Balaban J connectivity index is 1.52. The maximum atomic E-state index is 12.8. The SMILES string of the molecule is O=C(NCCNC(=O)C1CCCN1C(=O)c1cc(Cl)cc(Cl)c1)c1ccco1. The molecular formula is C19H19Cl2N3O4. The van der Waals surface area contributed by atoms with Gasteiger partial charge in [-0.05, 0) is 43.2 Å². The van der Waals surface area contributed by atoms with Crippen LogP contribution in [0.15, 0.2) is 41.0 Å². The fraction of sp³-hybridized carbons (Fsp3) is 0.316. The Labute approximate surface area is 172 Å². The van der Waals surface area contributed by atoms with Crippen LogP contribution in [-0.4, -0.2) is 48.3 Å². The largest absolute Gasteiger partial charge is 0.459 e. The molecule has 0 aliphatic carbocycles. The summed E-state index contributed by atoms with van der Waals surface area (Å²) in [5, 5.41) is 6.13. The Morgan fingerprint density at radius 1 is 1.11 bits per heavy atom. The Hall–Kier alpha value is -2.51. The van der Waals surface area contributed by atoms with E-state index in [-0.39, 0.29) is 36.6 Å². The lowest BCUT2D eigenvalue weighted by atomic mass is 10.1. The molecule has 1 aromatic carbocycles. The highest BCUT2D eigenvalue weighted by Crippen LogP contribution is 2.24. The summed E-state index contributed by atoms with van der Waals surface area (Å²) in [6.07, 6.45) is 2.72. The number of carbonyl (C=O) groups excluding carboxylic acids is 3. The molecule has 1 unspecified atom stereocenters. The van der Waals surface area contributed by atoms with E-state index in [0.29, 0.717) is 28.6 Å². The fourth-order valence-corrected chi connectivity index (χ4v) is 3.63. The topological polar surface area (TPSA) is 91.7 Å². The van der Waals surface area contributed by atoms with Gasteiger partial charge in [-0.3, -0.25) is 14.4 Å². The lowest BCUT2D eigenvalue weighted by Gasteiger charge is -2.24. The van der Waals surface area contributed by atoms with E-state index in [1.807, 2.05) is 0 Å². The van der Waals surface area contributed by atoms with Crippen molar-refractivity contribution in [2.45, 2.75) is 18.9 Å². The summed E-state index contributed by atoms with van der Waals surface area (Å²) in [5.74, 6) is -0.687. The monoisotopic (exact) mass is 423 g/mol. The molecule has 0 radical (unpaired) electrons. The van der Waals surface area contributed by atoms with Gasteiger partial charge in [-0.25, -0.2) is 0 Å². The first-order chi connectivity index (χ1) is 13.5. The maximum Gasteiger partial charge on any atom is 0.287 e. The van der Waals surface area contributed by atoms with E-state index in [4.69, 9.17) is 27.6 Å². The molecule has 0 spiro atoms. The number of nitrogens with one attached hydrogen (secondary N) is 2. The van der Waals surface area contributed by atoms with E-state index >= 15 is 0 Å². The number of amides is 3. The minimum Gasteiger partial charge on any atom is -0.459 e. The number of nitrogens with zero attached hydrogens (tertiary/aromatic N) is 1. The Morgan fingerprint density at radius 3 is 2.50 bits per heavy atom. The quantitative estimate of drug-likeness (QED) is 0.698. The second-order valence-electron chi connectivity index (χ2n) is 6.34. The summed E-state index contributed by atoms with van der Waals surface area (Å²) in [6, 6.07) is 7.23. The fourth-order valence-electron chi connectivity index (χ4n) is 3.10. The summed E-state index contributed by atoms with van der Waals surface area (Å²) in [6.45, 7) is 0.971. The van der Waals surface area contributed by atoms with Crippen molar-refractivity contribution >= 4 is 40.9 Å². The number of rotatable bonds is 6. The minimum absolute atomic E-state index is 0.207. The van der Waals surface area contributed by atoms with Crippen LogP contribution in [0.25, 0.3) is 0 Å². The van der Waals surface area contributed by atoms with E-state index in [0.717, 1.165) is 6.42 Å². The molecule has 2 aromatic rings. The van der Waals surface area contributed by atoms with Gasteiger partial charge >= 0.3 is 0 Å². The molecule has 1 aliphatic heterocycles. The highest BCUT2D eigenvalue weighted by molar-refractivity contribution is 6.35. The van der Waals surface area contributed by atoms with Gasteiger partial charge < -0.3 is 20.0 Å². The average molecular weight is 424 g/mol. The lowest BCUT2D eigenvalue weighted by Crippen LogP contribution is -2.47. The Morgan fingerprint density at radius 2 is 1.82 bits per heavy atom. The van der Waals surface area contributed by atoms with Crippen LogP contribution < -0.4 is 10.6 Å². The van der Waals surface area contributed by atoms with Gasteiger partial charge in [0, 0.05) is 35.2 Å². The molecule has 1 saturated heterocycles. The molecule has 2 N–H and O–H groups in total. The van der Waals surface area contributed by atoms with Crippen LogP contribution >= 0.6 is 23.2 Å². The number of benzene rings is 1. The van der Waals surface area contributed by atoms with Crippen molar-refractivity contribution in [3.63, 3.8) is 0 Å². The Kier molecular flexibility index (Phi) is 6.59. The van der Waals surface area contributed by atoms with E-state index < -0.39 is 6.04 Å². The summed E-state index contributed by atoms with van der Waals surface area (Å²) < 4.78 is 4.99. The minimum atomic E-state index is -0.564. The molecular weight excluding hydrogens is 405 g/mol. The van der Waals surface area contributed by atoms with Crippen LogP contribution in [0.1, 0.15) is 33.8 Å². The van der Waals surface area contributed by atoms with Crippen molar-refractivity contribution < 1.29 is 18.8 Å². The van der Waals surface area contributed by atoms with Crippen molar-refractivity contribution in [1.29, 1.82) is 0 Å². The summed E-state index contributed by atoms with van der Waals surface area (Å²) in [7, 11) is 0. The van der Waals surface area contributed by atoms with Crippen LogP contribution in [0.2, 0.25) is 10.0 Å². The van der Waals surface area contributed by atoms with Crippen molar-refractivity contribution in [1.82, 2.24) is 15.5 Å². The third kappa shape index (κ3) is 4.85. The van der Waals surface area contributed by atoms with E-state index in [2.05, 4.69) is 10.6 Å². The number of carbonyl (C=O) groups is 3. The molecule has 1 fully saturated rings. The van der Waals surface area contributed by atoms with Crippen LogP contribution in [0.5, 0.6) is 0 Å². The zero-order valence-electron chi connectivity index (χ0n) is 14.9. The van der Waals surface area contributed by atoms with E-state index in [1.165, 1.54) is 23.3 Å². The first-order valence-corrected chi connectivity index (χ1v) is 9.58. The smallest absolute Gasteiger partial charge is 0.287 e. The lowest BCUT2D eigenvalue weighted by molar-refractivity contribution is -0.124. The van der Waals surface area contributed by atoms with Crippen LogP contribution in [0.4, 0.5) is 0 Å². The number of hydrogen-bond acceptors (Lipinski definition) is 4. The molecule has 148 valence electrons. The molecule has 0 saturated carbocycles. The molecule has 28 heavy (non-hydrogen) atoms. The third-order valence-corrected chi connectivity index (χ3v) is 4.82. The predicted molar refractivity (Wildman–Crippen MR) is 105 cm³/mol. The molecule has 3 rings (SSSR count). The normalized spacial score (nSPS) is 16.1. The van der Waals surface area contributed by atoms with Gasteiger partial charge in [0.25, 0.3) is 11.8 Å². The third-order valence-electron chi connectivity index (χ3n) is 4.38. The molecule has 2 heterocycles. The molecule has 7 nitrogen and oxygen atoms in total. The van der Waals surface area contributed by atoms with Gasteiger partial charge in [-0.1, -0.05) is 23.2 Å². The molecule has 9 heteroatoms. The molecule has 1 aliphatic rings. The van der Waals surface area contributed by atoms with Crippen LogP contribution in [0.3, 0.4) is 0 Å². The van der Waals surface area contributed by atoms with Crippen molar-refractivity contribution in [3.05, 3.63) is 58.0 Å². The Bertz CT molecular complexity index is 850. The predicted octanol–water partition coefficient (Wildman–Crippen LogP) is 2.74. The summed E-state index contributed by atoms with van der Waals surface area (Å²) >= 11 is 11.9. The summed E-state index contributed by atoms with van der Waals surface area (Å²) in [5.41, 5.74) is 0.350. The second-order valence-corrected chi connectivity index (χ2v) is 7.21. The number of hydrogen-bond donors (Lipinski definition) is 2. The van der Waals surface area contributed by atoms with Crippen molar-refractivity contribution in [2.75, 3.05) is 19.6 Å². The standard InChI is InChI=1S/C19H19Cl2N3O4/c20-13-9-12(10-14(21)11-13)19(27)24-7-1-3-15(24)17(25)22-5-6-23-18(26)16-4-2-8-28-16/h2,4,8-11,15H,1,3,5-7H2,(H,22,25)(H,23,26). The average Bonchev–Trinajstić information content (AvgIpc) is 3.35. The maximum absolute atomic E-state index is 12.8. The number of halogens is 2. The van der Waals surface area contributed by atoms with Crippen molar-refractivity contribution in [2.24, 2.45) is 0 Å². The van der Waals surface area contributed by atoms with Gasteiger partial charge in [-0.2, -0.15) is 0 Å². The number of likely N-dealkylation sites (tertiary alicyclic amines) is 1. The first kappa shape index (κ1) is 20.2. The van der Waals surface area contributed by atoms with Gasteiger partial charge in [0.2, 0.25) is 5.91 Å². The molecule has 1 aromatic heterocycles. The summed E-state index contributed by atoms with van der Waals surface area (Å²) in [4.78, 5) is 38.6. The van der Waals surface area contributed by atoms with Crippen LogP contribution in [-0.2, 0) is 4.79 Å². The van der Waals surface area contributed by atoms with Gasteiger partial charge in [0.05, 0.1) is 6.26 Å². The second kappa shape index (κ2) is 9.12. The highest BCUT2D eigenvalue weighted by atomic mass is 35.5.